The van der Waals surface area contributed by atoms with E-state index in [2.05, 4.69) is 71.5 Å². The first-order valence-electron chi connectivity index (χ1n) is 28.0. The Bertz CT molecular complexity index is 1370. The molecule has 0 aromatic carbocycles. The fourth-order valence-electron chi connectivity index (χ4n) is 11.0. The third-order valence-corrected chi connectivity index (χ3v) is 17.0. The Hall–Kier alpha value is -0.900. The molecular weight excluding hydrogens is 895 g/mol. The standard InChI is InChI=1S/C56H102O10P2/c1-5-7-9-11-13-15-17-19-21-23-25-27-29-31-33-35-41-55(42-36-34-32-30-28-26-24-22-20-18-16-14-12-10-8-6-2)43-45-56(46-44-55)65-53-49-51(39-37-47-63-67(57,58)61-3)52(50-54(53)66-56)40-38-48-64-68(59,60)62-4/h13-16,19-22,51-54H,5-12,17-18,23-50H2,1-4H3,(H,57,58)(H,59,60)/p-2/b15-13-,16-14-,21-19-,22-20-/t51-,52+,53-,54-/m0/s1. The van der Waals surface area contributed by atoms with Crippen LogP contribution in [0.1, 0.15) is 245 Å². The summed E-state index contributed by atoms with van der Waals surface area (Å²) in [4.78, 5) is 23.6. The molecule has 0 aromatic heterocycles. The van der Waals surface area contributed by atoms with E-state index >= 15 is 0 Å². The van der Waals surface area contributed by atoms with Crippen molar-refractivity contribution < 1.29 is 46.5 Å². The molecule has 0 N–H and O–H groups in total. The van der Waals surface area contributed by atoms with E-state index in [1.807, 2.05) is 0 Å². The zero-order chi connectivity index (χ0) is 49.1. The highest BCUT2D eigenvalue weighted by atomic mass is 31.2. The van der Waals surface area contributed by atoms with Crippen LogP contribution in [0.15, 0.2) is 48.6 Å². The Labute approximate surface area is 416 Å². The minimum absolute atomic E-state index is 0.00106. The van der Waals surface area contributed by atoms with E-state index in [4.69, 9.17) is 18.5 Å². The highest BCUT2D eigenvalue weighted by molar-refractivity contribution is 7.46. The first-order valence-corrected chi connectivity index (χ1v) is 30.9. The van der Waals surface area contributed by atoms with E-state index in [1.165, 1.54) is 154 Å². The van der Waals surface area contributed by atoms with Crippen molar-refractivity contribution in [2.75, 3.05) is 27.4 Å². The lowest BCUT2D eigenvalue weighted by atomic mass is 9.66. The fourth-order valence-corrected chi connectivity index (χ4v) is 11.9. The maximum absolute atomic E-state index is 11.8. The number of allylic oxidation sites excluding steroid dienone is 8. The smallest absolute Gasteiger partial charge is 0.267 e. The number of phosphoric acid groups is 2. The lowest BCUT2D eigenvalue weighted by molar-refractivity contribution is -0.224. The molecule has 2 aliphatic carbocycles. The maximum atomic E-state index is 11.8. The molecule has 12 heteroatoms. The highest BCUT2D eigenvalue weighted by Gasteiger charge is 2.54. The molecule has 3 aliphatic rings. The Balaban J connectivity index is 1.49. The van der Waals surface area contributed by atoms with Gasteiger partial charge in [0.05, 0.1) is 25.4 Å². The molecule has 1 heterocycles. The topological polar surface area (TPSA) is 136 Å². The molecule has 0 radical (unpaired) electrons. The van der Waals surface area contributed by atoms with E-state index < -0.39 is 21.4 Å². The maximum Gasteiger partial charge on any atom is 0.267 e. The number of hydrogen-bond donors (Lipinski definition) is 0. The summed E-state index contributed by atoms with van der Waals surface area (Å²) in [6.07, 6.45) is 60.5. The van der Waals surface area contributed by atoms with Crippen LogP contribution in [0.25, 0.3) is 0 Å². The van der Waals surface area contributed by atoms with Gasteiger partial charge in [0, 0.05) is 27.1 Å². The van der Waals surface area contributed by atoms with Crippen LogP contribution >= 0.6 is 15.6 Å². The molecule has 0 aromatic rings. The van der Waals surface area contributed by atoms with Crippen LogP contribution in [-0.2, 0) is 36.7 Å². The minimum Gasteiger partial charge on any atom is -0.756 e. The molecule has 3 rings (SSSR count). The third-order valence-electron chi connectivity index (χ3n) is 15.2. The van der Waals surface area contributed by atoms with E-state index in [0.29, 0.717) is 18.3 Å². The van der Waals surface area contributed by atoms with Gasteiger partial charge in [0.2, 0.25) is 0 Å². The van der Waals surface area contributed by atoms with Gasteiger partial charge >= 0.3 is 0 Å². The van der Waals surface area contributed by atoms with Gasteiger partial charge in [0.15, 0.2) is 5.79 Å². The fraction of sp³-hybridized carbons (Fsp3) is 0.857. The van der Waals surface area contributed by atoms with Gasteiger partial charge in [-0.1, -0.05) is 152 Å². The Kier molecular flexibility index (Phi) is 33.3. The van der Waals surface area contributed by atoms with E-state index in [0.717, 1.165) is 78.4 Å². The van der Waals surface area contributed by atoms with Crippen molar-refractivity contribution in [1.82, 2.24) is 0 Å². The summed E-state index contributed by atoms with van der Waals surface area (Å²) in [5.41, 5.74) is 0.355. The number of phosphoric ester groups is 2. The van der Waals surface area contributed by atoms with Gasteiger partial charge in [-0.25, -0.2) is 0 Å². The first-order chi connectivity index (χ1) is 33.0. The summed E-state index contributed by atoms with van der Waals surface area (Å²) in [7, 11) is -6.35. The summed E-state index contributed by atoms with van der Waals surface area (Å²) >= 11 is 0. The van der Waals surface area contributed by atoms with Crippen molar-refractivity contribution in [3.63, 3.8) is 0 Å². The van der Waals surface area contributed by atoms with Gasteiger partial charge in [-0.05, 0) is 146 Å². The van der Waals surface area contributed by atoms with Gasteiger partial charge in [-0.15, -0.1) is 0 Å². The molecule has 1 saturated heterocycles. The van der Waals surface area contributed by atoms with Crippen molar-refractivity contribution in [2.24, 2.45) is 17.3 Å². The van der Waals surface area contributed by atoms with Crippen LogP contribution < -0.4 is 9.79 Å². The van der Waals surface area contributed by atoms with Gasteiger partial charge < -0.3 is 37.4 Å². The monoisotopic (exact) mass is 995 g/mol. The average Bonchev–Trinajstić information content (AvgIpc) is 3.68. The van der Waals surface area contributed by atoms with E-state index in [1.54, 1.807) is 0 Å². The van der Waals surface area contributed by atoms with E-state index in [-0.39, 0.29) is 37.3 Å². The average molecular weight is 995 g/mol. The predicted octanol–water partition coefficient (Wildman–Crippen LogP) is 16.3. The normalized spacial score (nSPS) is 23.4. The summed E-state index contributed by atoms with van der Waals surface area (Å²) in [5, 5.41) is 0. The highest BCUT2D eigenvalue weighted by Crippen LogP contribution is 2.55. The molecule has 396 valence electrons. The zero-order valence-corrected chi connectivity index (χ0v) is 45.6. The molecule has 6 atom stereocenters. The Morgan fingerprint density at radius 1 is 0.485 bits per heavy atom. The SMILES string of the molecule is CCCCC/C=C\C/C=C\CCCCCCCCC1(CCCCCCCC/C=C\C/C=C\CCCCC)CCC2(CC1)O[C@H]1C[C@@H](CCCOP(=O)([O-])OC)[C@@H](CCCOP(=O)([O-])OC)C[C@@H]1O2. The molecule has 3 fully saturated rings. The minimum atomic E-state index is -4.28. The van der Waals surface area contributed by atoms with Gasteiger partial charge in [0.1, 0.15) is 0 Å². The summed E-state index contributed by atoms with van der Waals surface area (Å²) in [6, 6.07) is 0. The van der Waals surface area contributed by atoms with Gasteiger partial charge in [0.25, 0.3) is 15.6 Å². The lowest BCUT2D eigenvalue weighted by Crippen LogP contribution is -2.40. The Morgan fingerprint density at radius 3 is 1.21 bits per heavy atom. The van der Waals surface area contributed by atoms with Crippen molar-refractivity contribution in [1.29, 1.82) is 0 Å². The first kappa shape index (κ1) is 61.4. The number of hydrogen-bond acceptors (Lipinski definition) is 10. The zero-order valence-electron chi connectivity index (χ0n) is 43.8. The lowest BCUT2D eigenvalue weighted by Gasteiger charge is -2.44. The van der Waals surface area contributed by atoms with Crippen molar-refractivity contribution in [3.05, 3.63) is 48.6 Å². The second-order valence-corrected chi connectivity index (χ2v) is 23.6. The van der Waals surface area contributed by atoms with Crippen LogP contribution in [0.2, 0.25) is 0 Å². The third kappa shape index (κ3) is 27.2. The quantitative estimate of drug-likeness (QED) is 0.0330. The number of ether oxygens (including phenoxy) is 2. The molecule has 2 unspecified atom stereocenters. The molecular formula is C56H100O10P2-2. The number of fused-ring (bicyclic) bond motifs is 1. The molecule has 2 saturated carbocycles. The molecule has 10 nitrogen and oxygen atoms in total. The van der Waals surface area contributed by atoms with Crippen LogP contribution in [0, 0.1) is 17.3 Å². The van der Waals surface area contributed by atoms with Crippen molar-refractivity contribution >= 4 is 15.6 Å². The van der Waals surface area contributed by atoms with E-state index in [9.17, 15) is 18.9 Å². The second kappa shape index (κ2) is 36.9. The largest absolute Gasteiger partial charge is 0.756 e. The number of unbranched alkanes of at least 4 members (excludes halogenated alkanes) is 18. The molecule has 0 amide bonds. The Morgan fingerprint density at radius 2 is 0.838 bits per heavy atom. The van der Waals surface area contributed by atoms with Gasteiger partial charge in [-0.3, -0.25) is 9.13 Å². The molecule has 68 heavy (non-hydrogen) atoms. The summed E-state index contributed by atoms with van der Waals surface area (Å²) < 4.78 is 56.6. The predicted molar refractivity (Wildman–Crippen MR) is 277 cm³/mol. The van der Waals surface area contributed by atoms with Crippen LogP contribution in [0.4, 0.5) is 0 Å². The number of rotatable bonds is 42. The van der Waals surface area contributed by atoms with Crippen LogP contribution in [0.3, 0.4) is 0 Å². The molecule has 1 aliphatic heterocycles. The van der Waals surface area contributed by atoms with Crippen molar-refractivity contribution in [3.8, 4) is 0 Å². The second-order valence-electron chi connectivity index (χ2n) is 20.6. The molecule has 0 bridgehead atoms. The summed E-state index contributed by atoms with van der Waals surface area (Å²) in [6.45, 7) is 4.65. The summed E-state index contributed by atoms with van der Waals surface area (Å²) in [5.74, 6) is -0.00208. The van der Waals surface area contributed by atoms with Crippen LogP contribution in [0.5, 0.6) is 0 Å². The van der Waals surface area contributed by atoms with Crippen molar-refractivity contribution in [2.45, 2.75) is 263 Å². The van der Waals surface area contributed by atoms with Crippen LogP contribution in [-0.4, -0.2) is 45.4 Å². The van der Waals surface area contributed by atoms with Gasteiger partial charge in [-0.2, -0.15) is 0 Å². The molecule has 1 spiro atoms.